The van der Waals surface area contributed by atoms with Crippen LogP contribution in [-0.2, 0) is 6.42 Å². The van der Waals surface area contributed by atoms with E-state index in [1.807, 2.05) is 0 Å². The van der Waals surface area contributed by atoms with Crippen molar-refractivity contribution in [2.75, 3.05) is 0 Å². The second kappa shape index (κ2) is 2.29. The molecule has 0 aromatic carbocycles. The molecule has 0 bridgehead atoms. The highest BCUT2D eigenvalue weighted by molar-refractivity contribution is 5.31. The first kappa shape index (κ1) is 6.77. The van der Waals surface area contributed by atoms with Gasteiger partial charge in [0.05, 0.1) is 0 Å². The normalized spacial score (nSPS) is 21.8. The molecule has 1 aliphatic carbocycles. The number of aryl methyl sites for hydroxylation is 2. The van der Waals surface area contributed by atoms with Gasteiger partial charge in [-0.15, -0.1) is 0 Å². The quantitative estimate of drug-likeness (QED) is 0.561. The van der Waals surface area contributed by atoms with Gasteiger partial charge in [0.1, 0.15) is 6.33 Å². The summed E-state index contributed by atoms with van der Waals surface area (Å²) in [7, 11) is 0. The van der Waals surface area contributed by atoms with E-state index in [4.69, 9.17) is 0 Å². The molecule has 1 aromatic rings. The van der Waals surface area contributed by atoms with Gasteiger partial charge in [-0.25, -0.2) is 9.97 Å². The van der Waals surface area contributed by atoms with Crippen molar-refractivity contribution in [1.29, 1.82) is 0 Å². The lowest BCUT2D eigenvalue weighted by Crippen LogP contribution is -1.96. The lowest BCUT2D eigenvalue weighted by Gasteiger charge is -2.05. The molecule has 2 nitrogen and oxygen atoms in total. The Hall–Kier alpha value is -0.920. The molecule has 1 heterocycles. The molecule has 0 saturated heterocycles. The fourth-order valence-electron chi connectivity index (χ4n) is 1.87. The van der Waals surface area contributed by atoms with Gasteiger partial charge < -0.3 is 0 Å². The molecule has 0 unspecified atom stereocenters. The Labute approximate surface area is 66.7 Å². The van der Waals surface area contributed by atoms with Crippen LogP contribution in [0, 0.1) is 6.92 Å². The average molecular weight is 148 g/mol. The largest absolute Gasteiger partial charge is 0.241 e. The van der Waals surface area contributed by atoms with Crippen LogP contribution in [0.2, 0.25) is 0 Å². The molecule has 11 heavy (non-hydrogen) atoms. The van der Waals surface area contributed by atoms with Crippen LogP contribution in [0.15, 0.2) is 6.33 Å². The van der Waals surface area contributed by atoms with E-state index in [1.165, 1.54) is 23.4 Å². The predicted octanol–water partition coefficient (Wildman–Crippen LogP) is 1.83. The molecule has 0 fully saturated rings. The molecule has 1 aromatic heterocycles. The van der Waals surface area contributed by atoms with E-state index in [1.54, 1.807) is 6.33 Å². The van der Waals surface area contributed by atoms with E-state index in [9.17, 15) is 0 Å². The maximum absolute atomic E-state index is 4.26. The third-order valence-electron chi connectivity index (χ3n) is 2.47. The Balaban J connectivity index is 2.58. The first-order valence-electron chi connectivity index (χ1n) is 4.09. The summed E-state index contributed by atoms with van der Waals surface area (Å²) in [5.74, 6) is 0.672. The molecule has 0 aliphatic heterocycles. The van der Waals surface area contributed by atoms with Gasteiger partial charge in [-0.2, -0.15) is 0 Å². The van der Waals surface area contributed by atoms with Crippen molar-refractivity contribution in [2.45, 2.75) is 32.6 Å². The van der Waals surface area contributed by atoms with E-state index in [0.29, 0.717) is 5.92 Å². The summed E-state index contributed by atoms with van der Waals surface area (Å²) in [5.41, 5.74) is 3.83. The van der Waals surface area contributed by atoms with E-state index in [0.717, 1.165) is 6.42 Å². The van der Waals surface area contributed by atoms with Crippen LogP contribution < -0.4 is 0 Å². The van der Waals surface area contributed by atoms with E-state index in [-0.39, 0.29) is 0 Å². The molecule has 0 amide bonds. The Morgan fingerprint density at radius 2 is 2.27 bits per heavy atom. The highest BCUT2D eigenvalue weighted by atomic mass is 14.8. The lowest BCUT2D eigenvalue weighted by atomic mass is 10.0. The highest BCUT2D eigenvalue weighted by Crippen LogP contribution is 2.32. The molecule has 0 N–H and O–H groups in total. The minimum Gasteiger partial charge on any atom is -0.241 e. The fraction of sp³-hybridized carbons (Fsp3) is 0.556. The second-order valence-corrected chi connectivity index (χ2v) is 3.26. The van der Waals surface area contributed by atoms with Crippen LogP contribution in [0.4, 0.5) is 0 Å². The number of hydrogen-bond donors (Lipinski definition) is 0. The fourth-order valence-corrected chi connectivity index (χ4v) is 1.87. The third-order valence-corrected chi connectivity index (χ3v) is 2.47. The SMILES string of the molecule is Cc1ncnc2c1[C@H](C)CC2. The summed E-state index contributed by atoms with van der Waals surface area (Å²) in [6.45, 7) is 4.32. The van der Waals surface area contributed by atoms with Crippen molar-refractivity contribution in [1.82, 2.24) is 9.97 Å². The van der Waals surface area contributed by atoms with Crippen LogP contribution in [0.25, 0.3) is 0 Å². The number of aromatic nitrogens is 2. The molecule has 58 valence electrons. The van der Waals surface area contributed by atoms with Crippen molar-refractivity contribution in [2.24, 2.45) is 0 Å². The van der Waals surface area contributed by atoms with Crippen LogP contribution >= 0.6 is 0 Å². The van der Waals surface area contributed by atoms with Gasteiger partial charge in [0.25, 0.3) is 0 Å². The van der Waals surface area contributed by atoms with Crippen LogP contribution in [0.3, 0.4) is 0 Å². The zero-order valence-corrected chi connectivity index (χ0v) is 6.96. The molecule has 1 atom stereocenters. The van der Waals surface area contributed by atoms with Gasteiger partial charge in [-0.1, -0.05) is 6.92 Å². The van der Waals surface area contributed by atoms with Crippen LogP contribution in [0.1, 0.15) is 36.2 Å². The Morgan fingerprint density at radius 1 is 1.45 bits per heavy atom. The summed E-state index contributed by atoms with van der Waals surface area (Å²) < 4.78 is 0. The highest BCUT2D eigenvalue weighted by Gasteiger charge is 2.21. The number of rotatable bonds is 0. The zero-order chi connectivity index (χ0) is 7.84. The van der Waals surface area contributed by atoms with Gasteiger partial charge in [0.2, 0.25) is 0 Å². The van der Waals surface area contributed by atoms with Crippen LogP contribution in [0.5, 0.6) is 0 Å². The summed E-state index contributed by atoms with van der Waals surface area (Å²) in [6, 6.07) is 0. The maximum atomic E-state index is 4.26. The first-order chi connectivity index (χ1) is 5.29. The molecule has 2 heteroatoms. The van der Waals surface area contributed by atoms with E-state index in [2.05, 4.69) is 23.8 Å². The molecule has 2 rings (SSSR count). The summed E-state index contributed by atoms with van der Waals surface area (Å²) in [6.07, 6.45) is 4.06. The van der Waals surface area contributed by atoms with Gasteiger partial charge >= 0.3 is 0 Å². The van der Waals surface area contributed by atoms with Crippen molar-refractivity contribution in [3.63, 3.8) is 0 Å². The van der Waals surface area contributed by atoms with Crippen molar-refractivity contribution >= 4 is 0 Å². The number of hydrogen-bond acceptors (Lipinski definition) is 2. The van der Waals surface area contributed by atoms with Gasteiger partial charge in [0.15, 0.2) is 0 Å². The van der Waals surface area contributed by atoms with Crippen molar-refractivity contribution < 1.29 is 0 Å². The lowest BCUT2D eigenvalue weighted by molar-refractivity contribution is 0.741. The minimum atomic E-state index is 0.672. The van der Waals surface area contributed by atoms with Crippen molar-refractivity contribution in [3.8, 4) is 0 Å². The van der Waals surface area contributed by atoms with Crippen molar-refractivity contribution in [3.05, 3.63) is 23.3 Å². The maximum Gasteiger partial charge on any atom is 0.115 e. The Morgan fingerprint density at radius 3 is 3.00 bits per heavy atom. The average Bonchev–Trinajstić information content (AvgIpc) is 2.34. The van der Waals surface area contributed by atoms with E-state index < -0.39 is 0 Å². The predicted molar refractivity (Wildman–Crippen MR) is 43.5 cm³/mol. The molecule has 0 spiro atoms. The monoisotopic (exact) mass is 148 g/mol. The standard InChI is InChI=1S/C9H12N2/c1-6-3-4-8-9(6)7(2)10-5-11-8/h5-6H,3-4H2,1-2H3/t6-/m1/s1. The van der Waals surface area contributed by atoms with Crippen LogP contribution in [-0.4, -0.2) is 9.97 Å². The number of fused-ring (bicyclic) bond motifs is 1. The van der Waals surface area contributed by atoms with Gasteiger partial charge in [-0.3, -0.25) is 0 Å². The Bertz CT molecular complexity index is 281. The zero-order valence-electron chi connectivity index (χ0n) is 6.96. The smallest absolute Gasteiger partial charge is 0.115 e. The van der Waals surface area contributed by atoms with Gasteiger partial charge in [0, 0.05) is 11.4 Å². The van der Waals surface area contributed by atoms with Gasteiger partial charge in [-0.05, 0) is 31.2 Å². The topological polar surface area (TPSA) is 25.8 Å². The summed E-state index contributed by atoms with van der Waals surface area (Å²) >= 11 is 0. The third kappa shape index (κ3) is 0.934. The summed E-state index contributed by atoms with van der Waals surface area (Å²) in [4.78, 5) is 8.45. The minimum absolute atomic E-state index is 0.672. The molecule has 0 saturated carbocycles. The molecular formula is C9H12N2. The van der Waals surface area contributed by atoms with E-state index >= 15 is 0 Å². The molecule has 1 aliphatic rings. The number of nitrogens with zero attached hydrogens (tertiary/aromatic N) is 2. The first-order valence-corrected chi connectivity index (χ1v) is 4.09. The summed E-state index contributed by atoms with van der Waals surface area (Å²) in [5, 5.41) is 0. The molecular weight excluding hydrogens is 136 g/mol. The second-order valence-electron chi connectivity index (χ2n) is 3.26. The Kier molecular flexibility index (Phi) is 1.41. The molecule has 0 radical (unpaired) electrons.